The van der Waals surface area contributed by atoms with Gasteiger partial charge in [-0.15, -0.1) is 0 Å². The summed E-state index contributed by atoms with van der Waals surface area (Å²) in [6.45, 7) is 0.819. The van der Waals surface area contributed by atoms with Crippen molar-refractivity contribution < 1.29 is 23.1 Å². The molecule has 1 heterocycles. The second-order valence-electron chi connectivity index (χ2n) is 5.93. The topological polar surface area (TPSA) is 92.7 Å². The van der Waals surface area contributed by atoms with E-state index in [9.17, 15) is 13.2 Å². The molecular formula is C18H19NO5S. The number of ether oxygens (including phenoxy) is 1. The molecule has 2 aromatic rings. The monoisotopic (exact) mass is 361 g/mol. The number of rotatable bonds is 7. The Morgan fingerprint density at radius 2 is 1.84 bits per heavy atom. The van der Waals surface area contributed by atoms with E-state index >= 15 is 0 Å². The maximum absolute atomic E-state index is 12.2. The molecule has 0 bridgehead atoms. The van der Waals surface area contributed by atoms with Crippen molar-refractivity contribution in [2.75, 3.05) is 12.4 Å². The van der Waals surface area contributed by atoms with E-state index in [0.717, 1.165) is 23.3 Å². The molecule has 0 saturated heterocycles. The molecule has 0 unspecified atom stereocenters. The van der Waals surface area contributed by atoms with Crippen molar-refractivity contribution in [3.05, 3.63) is 64.7 Å². The SMILES string of the molecule is O=C(O)c1ccc(CNS(=O)(=O)CCc2ccc3c(c2)CCO3)cc1. The van der Waals surface area contributed by atoms with Crippen molar-refractivity contribution >= 4 is 16.0 Å². The Labute approximate surface area is 146 Å². The predicted octanol–water partition coefficient (Wildman–Crippen LogP) is 1.98. The van der Waals surface area contributed by atoms with E-state index < -0.39 is 16.0 Å². The van der Waals surface area contributed by atoms with Gasteiger partial charge in [0.1, 0.15) is 5.75 Å². The number of fused-ring (bicyclic) bond motifs is 1. The van der Waals surface area contributed by atoms with Crippen LogP contribution < -0.4 is 9.46 Å². The van der Waals surface area contributed by atoms with Gasteiger partial charge in [0.2, 0.25) is 10.0 Å². The predicted molar refractivity (Wildman–Crippen MR) is 93.4 cm³/mol. The minimum Gasteiger partial charge on any atom is -0.493 e. The van der Waals surface area contributed by atoms with Crippen LogP contribution in [0, 0.1) is 0 Å². The van der Waals surface area contributed by atoms with Crippen LogP contribution in [-0.4, -0.2) is 31.9 Å². The van der Waals surface area contributed by atoms with E-state index in [1.165, 1.54) is 12.1 Å². The minimum atomic E-state index is -3.42. The zero-order valence-electron chi connectivity index (χ0n) is 13.6. The van der Waals surface area contributed by atoms with Gasteiger partial charge in [-0.1, -0.05) is 24.3 Å². The molecule has 0 aromatic heterocycles. The van der Waals surface area contributed by atoms with Crippen molar-refractivity contribution in [1.29, 1.82) is 0 Å². The van der Waals surface area contributed by atoms with E-state index in [4.69, 9.17) is 9.84 Å². The average Bonchev–Trinajstić information content (AvgIpc) is 3.06. The van der Waals surface area contributed by atoms with E-state index in [2.05, 4.69) is 4.72 Å². The zero-order chi connectivity index (χ0) is 17.9. The van der Waals surface area contributed by atoms with Crippen LogP contribution in [-0.2, 0) is 29.4 Å². The van der Waals surface area contributed by atoms with Gasteiger partial charge in [0.05, 0.1) is 17.9 Å². The first-order valence-corrected chi connectivity index (χ1v) is 9.62. The van der Waals surface area contributed by atoms with Crippen molar-refractivity contribution in [1.82, 2.24) is 4.72 Å². The van der Waals surface area contributed by atoms with Crippen molar-refractivity contribution in [2.24, 2.45) is 0 Å². The molecule has 132 valence electrons. The first-order chi connectivity index (χ1) is 11.9. The molecule has 6 nitrogen and oxygen atoms in total. The van der Waals surface area contributed by atoms with Crippen LogP contribution in [0.1, 0.15) is 27.0 Å². The fraction of sp³-hybridized carbons (Fsp3) is 0.278. The van der Waals surface area contributed by atoms with Gasteiger partial charge in [-0.3, -0.25) is 0 Å². The number of carboxylic acid groups (broad SMARTS) is 1. The van der Waals surface area contributed by atoms with Gasteiger partial charge >= 0.3 is 5.97 Å². The number of carbonyl (C=O) groups is 1. The zero-order valence-corrected chi connectivity index (χ0v) is 14.4. The Balaban J connectivity index is 1.54. The fourth-order valence-electron chi connectivity index (χ4n) is 2.68. The molecule has 0 radical (unpaired) electrons. The van der Waals surface area contributed by atoms with Crippen LogP contribution in [0.4, 0.5) is 0 Å². The van der Waals surface area contributed by atoms with Crippen molar-refractivity contribution in [2.45, 2.75) is 19.4 Å². The third-order valence-corrected chi connectivity index (χ3v) is 5.44. The highest BCUT2D eigenvalue weighted by molar-refractivity contribution is 7.89. The fourth-order valence-corrected chi connectivity index (χ4v) is 3.71. The number of benzene rings is 2. The number of sulfonamides is 1. The van der Waals surface area contributed by atoms with Crippen molar-refractivity contribution in [3.63, 3.8) is 0 Å². The summed E-state index contributed by atoms with van der Waals surface area (Å²) >= 11 is 0. The van der Waals surface area contributed by atoms with Crippen LogP contribution >= 0.6 is 0 Å². The third-order valence-electron chi connectivity index (χ3n) is 4.11. The smallest absolute Gasteiger partial charge is 0.335 e. The van der Waals surface area contributed by atoms with E-state index in [1.54, 1.807) is 12.1 Å². The highest BCUT2D eigenvalue weighted by Gasteiger charge is 2.14. The first kappa shape index (κ1) is 17.4. The lowest BCUT2D eigenvalue weighted by Gasteiger charge is -2.08. The minimum absolute atomic E-state index is 0.000146. The Hall–Kier alpha value is -2.38. The molecule has 1 aliphatic heterocycles. The van der Waals surface area contributed by atoms with Gasteiger partial charge in [0.15, 0.2) is 0 Å². The number of hydrogen-bond acceptors (Lipinski definition) is 4. The molecule has 0 spiro atoms. The summed E-state index contributed by atoms with van der Waals surface area (Å²) in [6, 6.07) is 11.9. The van der Waals surface area contributed by atoms with E-state index in [0.29, 0.717) is 18.6 Å². The maximum Gasteiger partial charge on any atom is 0.335 e. The molecule has 2 N–H and O–H groups in total. The van der Waals surface area contributed by atoms with Crippen LogP contribution in [0.25, 0.3) is 0 Å². The van der Waals surface area contributed by atoms with Crippen LogP contribution in [0.2, 0.25) is 0 Å². The molecule has 25 heavy (non-hydrogen) atoms. The highest BCUT2D eigenvalue weighted by Crippen LogP contribution is 2.26. The average molecular weight is 361 g/mol. The lowest BCUT2D eigenvalue weighted by atomic mass is 10.1. The number of aryl methyl sites for hydroxylation is 1. The van der Waals surface area contributed by atoms with Gasteiger partial charge in [-0.05, 0) is 41.3 Å². The normalized spacial score (nSPS) is 13.3. The maximum atomic E-state index is 12.2. The molecule has 1 aliphatic rings. The van der Waals surface area contributed by atoms with E-state index in [-0.39, 0.29) is 17.9 Å². The summed E-state index contributed by atoms with van der Waals surface area (Å²) < 4.78 is 32.3. The Kier molecular flexibility index (Phi) is 5.06. The lowest BCUT2D eigenvalue weighted by molar-refractivity contribution is 0.0697. The van der Waals surface area contributed by atoms with Gasteiger partial charge < -0.3 is 9.84 Å². The highest BCUT2D eigenvalue weighted by atomic mass is 32.2. The Morgan fingerprint density at radius 1 is 1.12 bits per heavy atom. The summed E-state index contributed by atoms with van der Waals surface area (Å²) in [5.41, 5.74) is 2.98. The second kappa shape index (κ2) is 7.25. The molecular weight excluding hydrogens is 342 g/mol. The number of hydrogen-bond donors (Lipinski definition) is 2. The van der Waals surface area contributed by atoms with Gasteiger partial charge in [0, 0.05) is 13.0 Å². The molecule has 0 fully saturated rings. The van der Waals surface area contributed by atoms with Crippen LogP contribution in [0.5, 0.6) is 5.75 Å². The second-order valence-corrected chi connectivity index (χ2v) is 7.86. The van der Waals surface area contributed by atoms with E-state index in [1.807, 2.05) is 18.2 Å². The molecule has 0 aliphatic carbocycles. The largest absolute Gasteiger partial charge is 0.493 e. The quantitative estimate of drug-likeness (QED) is 0.787. The molecule has 0 amide bonds. The Bertz CT molecular complexity index is 875. The lowest BCUT2D eigenvalue weighted by Crippen LogP contribution is -2.26. The van der Waals surface area contributed by atoms with Crippen LogP contribution in [0.15, 0.2) is 42.5 Å². The summed E-state index contributed by atoms with van der Waals surface area (Å²) in [5.74, 6) is -0.124. The summed E-state index contributed by atoms with van der Waals surface area (Å²) in [5, 5.41) is 8.85. The third kappa shape index (κ3) is 4.58. The van der Waals surface area contributed by atoms with Crippen LogP contribution in [0.3, 0.4) is 0 Å². The van der Waals surface area contributed by atoms with Crippen molar-refractivity contribution in [3.8, 4) is 5.75 Å². The first-order valence-electron chi connectivity index (χ1n) is 7.97. The number of aromatic carboxylic acids is 1. The molecule has 7 heteroatoms. The number of carboxylic acids is 1. The molecule has 2 aromatic carbocycles. The molecule has 0 atom stereocenters. The Morgan fingerprint density at radius 3 is 2.56 bits per heavy atom. The molecule has 0 saturated carbocycles. The summed E-state index contributed by atoms with van der Waals surface area (Å²) in [6.07, 6.45) is 1.29. The standard InChI is InChI=1S/C18H19NO5S/c20-18(21)15-4-1-14(2-5-15)12-19-25(22,23)10-8-13-3-6-17-16(11-13)7-9-24-17/h1-6,11,19H,7-10,12H2,(H,20,21). The van der Waals surface area contributed by atoms with Gasteiger partial charge in [-0.2, -0.15) is 0 Å². The molecule has 3 rings (SSSR count). The summed E-state index contributed by atoms with van der Waals surface area (Å²) in [4.78, 5) is 10.8. The van der Waals surface area contributed by atoms with Gasteiger partial charge in [0.25, 0.3) is 0 Å². The summed E-state index contributed by atoms with van der Waals surface area (Å²) in [7, 11) is -3.42. The number of nitrogens with one attached hydrogen (secondary N) is 1. The van der Waals surface area contributed by atoms with Gasteiger partial charge in [-0.25, -0.2) is 17.9 Å².